The third-order valence-electron chi connectivity index (χ3n) is 4.49. The molecule has 126 valence electrons. The van der Waals surface area contributed by atoms with Gasteiger partial charge in [-0.1, -0.05) is 30.3 Å². The zero-order valence-electron chi connectivity index (χ0n) is 13.9. The van der Waals surface area contributed by atoms with Crippen LogP contribution < -0.4 is 10.3 Å². The predicted molar refractivity (Wildman–Crippen MR) is 93.3 cm³/mol. The van der Waals surface area contributed by atoms with E-state index in [1.54, 1.807) is 44.3 Å². The Kier molecular flexibility index (Phi) is 3.53. The van der Waals surface area contributed by atoms with Crippen LogP contribution in [0.3, 0.4) is 0 Å². The number of ether oxygens (including phenoxy) is 1. The molecule has 1 aliphatic rings. The van der Waals surface area contributed by atoms with Crippen LogP contribution in [0.25, 0.3) is 10.9 Å². The van der Waals surface area contributed by atoms with Crippen LogP contribution in [0.15, 0.2) is 59.4 Å². The third kappa shape index (κ3) is 2.38. The monoisotopic (exact) mass is 335 g/mol. The fourth-order valence-corrected chi connectivity index (χ4v) is 3.17. The van der Waals surface area contributed by atoms with Gasteiger partial charge in [0.1, 0.15) is 11.8 Å². The van der Waals surface area contributed by atoms with Crippen molar-refractivity contribution in [3.05, 3.63) is 70.8 Å². The fraction of sp³-hybridized carbons (Fsp3) is 0.211. The first-order valence-electron chi connectivity index (χ1n) is 8.07. The molecule has 0 spiro atoms. The molecule has 0 bridgehead atoms. The smallest absolute Gasteiger partial charge is 0.262 e. The molecule has 2 aromatic carbocycles. The lowest BCUT2D eigenvalue weighted by Crippen LogP contribution is -2.49. The minimum atomic E-state index is -0.761. The Morgan fingerprint density at radius 2 is 1.68 bits per heavy atom. The molecule has 4 rings (SSSR count). The van der Waals surface area contributed by atoms with Gasteiger partial charge in [0.15, 0.2) is 5.82 Å². The lowest BCUT2D eigenvalue weighted by molar-refractivity contribution is -0.145. The molecule has 0 aliphatic carbocycles. The third-order valence-corrected chi connectivity index (χ3v) is 4.49. The SMILES string of the molecule is C[C@H]1C(=O)N(C)[C@@H](Oc2ccccc2)c2nc3ccccc3c(=O)n21. The van der Waals surface area contributed by atoms with E-state index in [1.165, 1.54) is 9.47 Å². The molecule has 6 nitrogen and oxygen atoms in total. The van der Waals surface area contributed by atoms with Crippen molar-refractivity contribution in [2.45, 2.75) is 19.2 Å². The first-order valence-corrected chi connectivity index (χ1v) is 8.07. The van der Waals surface area contributed by atoms with Crippen molar-refractivity contribution in [1.82, 2.24) is 14.5 Å². The average molecular weight is 335 g/mol. The van der Waals surface area contributed by atoms with E-state index in [-0.39, 0.29) is 11.5 Å². The van der Waals surface area contributed by atoms with Crippen LogP contribution in [0, 0.1) is 0 Å². The minimum Gasteiger partial charge on any atom is -0.463 e. The van der Waals surface area contributed by atoms with Crippen molar-refractivity contribution in [1.29, 1.82) is 0 Å². The number of hydrogen-bond donors (Lipinski definition) is 0. The Balaban J connectivity index is 1.94. The Bertz CT molecular complexity index is 1010. The van der Waals surface area contributed by atoms with Gasteiger partial charge in [-0.2, -0.15) is 0 Å². The molecule has 2 atom stereocenters. The van der Waals surface area contributed by atoms with Gasteiger partial charge in [0.05, 0.1) is 10.9 Å². The van der Waals surface area contributed by atoms with Gasteiger partial charge in [-0.15, -0.1) is 0 Å². The van der Waals surface area contributed by atoms with Crippen molar-refractivity contribution in [2.24, 2.45) is 0 Å². The van der Waals surface area contributed by atoms with E-state index in [4.69, 9.17) is 4.74 Å². The second-order valence-corrected chi connectivity index (χ2v) is 6.07. The molecule has 1 amide bonds. The molecule has 0 unspecified atom stereocenters. The van der Waals surface area contributed by atoms with Gasteiger partial charge in [0.2, 0.25) is 12.1 Å². The number of carbonyl (C=O) groups excluding carboxylic acids is 1. The summed E-state index contributed by atoms with van der Waals surface area (Å²) >= 11 is 0. The molecule has 1 aromatic heterocycles. The van der Waals surface area contributed by atoms with Crippen molar-refractivity contribution in [3.63, 3.8) is 0 Å². The molecule has 2 heterocycles. The molecule has 0 saturated carbocycles. The van der Waals surface area contributed by atoms with Gasteiger partial charge in [-0.3, -0.25) is 14.2 Å². The zero-order valence-corrected chi connectivity index (χ0v) is 13.9. The number of rotatable bonds is 2. The normalized spacial score (nSPS) is 19.8. The number of aromatic nitrogens is 2. The molecule has 1 aliphatic heterocycles. The number of amides is 1. The van der Waals surface area contributed by atoms with Crippen LogP contribution in [0.4, 0.5) is 0 Å². The van der Waals surface area contributed by atoms with E-state index < -0.39 is 12.3 Å². The van der Waals surface area contributed by atoms with Crippen molar-refractivity contribution < 1.29 is 9.53 Å². The predicted octanol–water partition coefficient (Wildman–Crippen LogP) is 2.51. The Labute approximate surface area is 144 Å². The molecule has 0 saturated heterocycles. The number of carbonyl (C=O) groups is 1. The van der Waals surface area contributed by atoms with E-state index in [2.05, 4.69) is 4.98 Å². The summed E-state index contributed by atoms with van der Waals surface area (Å²) in [4.78, 5) is 31.7. The van der Waals surface area contributed by atoms with Gasteiger partial charge < -0.3 is 9.64 Å². The van der Waals surface area contributed by atoms with Crippen molar-refractivity contribution >= 4 is 16.8 Å². The van der Waals surface area contributed by atoms with Crippen molar-refractivity contribution in [3.8, 4) is 5.75 Å². The molecular formula is C19H17N3O3. The highest BCUT2D eigenvalue weighted by Gasteiger charge is 2.38. The summed E-state index contributed by atoms with van der Waals surface area (Å²) in [7, 11) is 1.66. The summed E-state index contributed by atoms with van der Waals surface area (Å²) in [5, 5.41) is 0.494. The highest BCUT2D eigenvalue weighted by atomic mass is 16.5. The summed E-state index contributed by atoms with van der Waals surface area (Å²) < 4.78 is 7.44. The number of benzene rings is 2. The molecule has 25 heavy (non-hydrogen) atoms. The minimum absolute atomic E-state index is 0.187. The average Bonchev–Trinajstić information content (AvgIpc) is 2.64. The second-order valence-electron chi connectivity index (χ2n) is 6.07. The van der Waals surface area contributed by atoms with Crippen LogP contribution in [0.2, 0.25) is 0 Å². The summed E-state index contributed by atoms with van der Waals surface area (Å²) in [5.41, 5.74) is 0.367. The van der Waals surface area contributed by atoms with E-state index in [1.807, 2.05) is 24.3 Å². The summed E-state index contributed by atoms with van der Waals surface area (Å²) in [6.07, 6.45) is -0.761. The first-order chi connectivity index (χ1) is 12.1. The Morgan fingerprint density at radius 3 is 2.44 bits per heavy atom. The molecule has 0 radical (unpaired) electrons. The summed E-state index contributed by atoms with van der Waals surface area (Å²) in [6.45, 7) is 1.71. The molecular weight excluding hydrogens is 318 g/mol. The van der Waals surface area contributed by atoms with E-state index in [0.717, 1.165) is 0 Å². The van der Waals surface area contributed by atoms with E-state index >= 15 is 0 Å². The molecule has 0 N–H and O–H groups in total. The quantitative estimate of drug-likeness (QED) is 0.722. The molecule has 3 aromatic rings. The van der Waals surface area contributed by atoms with Crippen molar-refractivity contribution in [2.75, 3.05) is 7.05 Å². The van der Waals surface area contributed by atoms with Gasteiger partial charge in [0, 0.05) is 7.05 Å². The highest BCUT2D eigenvalue weighted by molar-refractivity contribution is 5.83. The maximum atomic E-state index is 12.9. The lowest BCUT2D eigenvalue weighted by atomic mass is 10.1. The molecule has 6 heteroatoms. The number of hydrogen-bond acceptors (Lipinski definition) is 4. The fourth-order valence-electron chi connectivity index (χ4n) is 3.17. The number of fused-ring (bicyclic) bond motifs is 2. The topological polar surface area (TPSA) is 64.4 Å². The maximum Gasteiger partial charge on any atom is 0.262 e. The maximum absolute atomic E-state index is 12.9. The van der Waals surface area contributed by atoms with Crippen LogP contribution in [-0.2, 0) is 4.79 Å². The van der Waals surface area contributed by atoms with Crippen LogP contribution in [-0.4, -0.2) is 27.4 Å². The van der Waals surface area contributed by atoms with Gasteiger partial charge in [-0.05, 0) is 31.2 Å². The number of nitrogens with zero attached hydrogens (tertiary/aromatic N) is 3. The van der Waals surface area contributed by atoms with Gasteiger partial charge >= 0.3 is 0 Å². The molecule has 0 fully saturated rings. The Morgan fingerprint density at radius 1 is 1.00 bits per heavy atom. The Hall–Kier alpha value is -3.15. The highest BCUT2D eigenvalue weighted by Crippen LogP contribution is 2.31. The lowest BCUT2D eigenvalue weighted by Gasteiger charge is -2.37. The van der Waals surface area contributed by atoms with Crippen LogP contribution in [0.5, 0.6) is 5.75 Å². The standard InChI is InChI=1S/C19H17N3O3/c1-12-17(23)21(2)19(25-13-8-4-3-5-9-13)16-20-15-11-7-6-10-14(15)18(24)22(12)16/h3-12,19H,1-2H3/t12-,19-/m0/s1. The van der Waals surface area contributed by atoms with Crippen LogP contribution in [0.1, 0.15) is 25.0 Å². The van der Waals surface area contributed by atoms with Crippen LogP contribution >= 0.6 is 0 Å². The summed E-state index contributed by atoms with van der Waals surface area (Å²) in [5.74, 6) is 0.852. The summed E-state index contributed by atoms with van der Waals surface area (Å²) in [6, 6.07) is 15.7. The first kappa shape index (κ1) is 15.4. The van der Waals surface area contributed by atoms with Gasteiger partial charge in [-0.25, -0.2) is 4.98 Å². The number of para-hydroxylation sites is 2. The largest absolute Gasteiger partial charge is 0.463 e. The zero-order chi connectivity index (χ0) is 17.6. The van der Waals surface area contributed by atoms with E-state index in [9.17, 15) is 9.59 Å². The van der Waals surface area contributed by atoms with Gasteiger partial charge in [0.25, 0.3) is 5.56 Å². The number of likely N-dealkylation sites (N-methyl/N-ethyl adjacent to an activating group) is 1. The van der Waals surface area contributed by atoms with E-state index in [0.29, 0.717) is 22.5 Å². The second kappa shape index (κ2) is 5.73.